The zero-order chi connectivity index (χ0) is 21.2. The topological polar surface area (TPSA) is 93.6 Å². The van der Waals surface area contributed by atoms with Crippen LogP contribution in [0.1, 0.15) is 21.9 Å². The van der Waals surface area contributed by atoms with Gasteiger partial charge in [-0.05, 0) is 55.5 Å². The number of aromatic amines is 1. The first kappa shape index (κ1) is 18.6. The fourth-order valence-electron chi connectivity index (χ4n) is 3.27. The van der Waals surface area contributed by atoms with Gasteiger partial charge in [-0.1, -0.05) is 12.1 Å². The summed E-state index contributed by atoms with van der Waals surface area (Å²) in [7, 11) is 0. The number of rotatable bonds is 5. The number of carbonyl (C=O) groups is 1. The van der Waals surface area contributed by atoms with Gasteiger partial charge in [-0.15, -0.1) is 0 Å². The number of ketones is 1. The van der Waals surface area contributed by atoms with Crippen LogP contribution in [0.2, 0.25) is 0 Å². The number of nitrogens with zero attached hydrogens (tertiary/aromatic N) is 4. The molecular weight excluding hydrogens is 390 g/mol. The lowest BCUT2D eigenvalue weighted by atomic mass is 10.1. The number of ether oxygens (including phenoxy) is 1. The second-order valence-electron chi connectivity index (χ2n) is 6.95. The van der Waals surface area contributed by atoms with Crippen molar-refractivity contribution in [3.63, 3.8) is 0 Å². The maximum atomic E-state index is 12.8. The van der Waals surface area contributed by atoms with Gasteiger partial charge in [0.2, 0.25) is 11.7 Å². The molecule has 7 nitrogen and oxygen atoms in total. The van der Waals surface area contributed by atoms with Gasteiger partial charge in [-0.2, -0.15) is 0 Å². The quantitative estimate of drug-likeness (QED) is 0.423. The molecule has 0 atom stereocenters. The molecule has 0 bridgehead atoms. The van der Waals surface area contributed by atoms with Crippen LogP contribution in [0, 0.1) is 6.92 Å². The summed E-state index contributed by atoms with van der Waals surface area (Å²) in [5, 5.41) is 0. The van der Waals surface area contributed by atoms with Crippen molar-refractivity contribution < 1.29 is 9.53 Å². The summed E-state index contributed by atoms with van der Waals surface area (Å²) < 4.78 is 5.96. The van der Waals surface area contributed by atoms with Crippen molar-refractivity contribution in [2.45, 2.75) is 6.92 Å². The lowest BCUT2D eigenvalue weighted by Crippen LogP contribution is -2.03. The summed E-state index contributed by atoms with van der Waals surface area (Å²) in [5.41, 5.74) is 4.46. The van der Waals surface area contributed by atoms with E-state index in [1.807, 2.05) is 43.3 Å². The van der Waals surface area contributed by atoms with Crippen LogP contribution >= 0.6 is 0 Å². The monoisotopic (exact) mass is 407 g/mol. The minimum Gasteiger partial charge on any atom is -0.437 e. The molecule has 7 heteroatoms. The second-order valence-corrected chi connectivity index (χ2v) is 6.95. The van der Waals surface area contributed by atoms with Crippen molar-refractivity contribution in [2.75, 3.05) is 0 Å². The van der Waals surface area contributed by atoms with Crippen LogP contribution in [0.3, 0.4) is 0 Å². The van der Waals surface area contributed by atoms with E-state index in [1.54, 1.807) is 42.9 Å². The van der Waals surface area contributed by atoms with Crippen LogP contribution < -0.4 is 4.74 Å². The number of nitrogens with one attached hydrogen (secondary N) is 1. The number of carbonyl (C=O) groups excluding carboxylic acids is 1. The molecule has 0 unspecified atom stereocenters. The van der Waals surface area contributed by atoms with E-state index in [2.05, 4.69) is 24.9 Å². The largest absolute Gasteiger partial charge is 0.437 e. The molecule has 3 heterocycles. The smallest absolute Gasteiger partial charge is 0.246 e. The van der Waals surface area contributed by atoms with Gasteiger partial charge in [0.15, 0.2) is 5.82 Å². The number of fused-ring (bicyclic) bond motifs is 1. The third kappa shape index (κ3) is 3.76. The van der Waals surface area contributed by atoms with Crippen LogP contribution in [0.25, 0.3) is 22.3 Å². The molecule has 2 aromatic carbocycles. The molecule has 0 amide bonds. The number of benzene rings is 2. The fraction of sp³-hybridized carbons (Fsp3) is 0.0417. The van der Waals surface area contributed by atoms with Gasteiger partial charge in [0, 0.05) is 35.4 Å². The third-order valence-electron chi connectivity index (χ3n) is 4.77. The summed E-state index contributed by atoms with van der Waals surface area (Å²) >= 11 is 0. The molecule has 0 aliphatic rings. The first-order valence-corrected chi connectivity index (χ1v) is 9.69. The number of H-pyrrole nitrogens is 1. The Morgan fingerprint density at radius 2 is 1.71 bits per heavy atom. The Balaban J connectivity index is 1.39. The van der Waals surface area contributed by atoms with E-state index < -0.39 is 0 Å². The average molecular weight is 407 g/mol. The molecule has 1 N–H and O–H groups in total. The van der Waals surface area contributed by atoms with Crippen LogP contribution in [0.4, 0.5) is 0 Å². The number of para-hydroxylation sites is 2. The molecule has 0 saturated carbocycles. The molecule has 0 aliphatic heterocycles. The molecular formula is C24H17N5O2. The Hall–Kier alpha value is -4.39. The van der Waals surface area contributed by atoms with Gasteiger partial charge in [-0.3, -0.25) is 9.78 Å². The number of imidazole rings is 1. The predicted octanol–water partition coefficient (Wildman–Crippen LogP) is 4.75. The average Bonchev–Trinajstić information content (AvgIpc) is 3.24. The van der Waals surface area contributed by atoms with Crippen LogP contribution in [0.15, 0.2) is 79.3 Å². The minimum atomic E-state index is -0.185. The molecule has 0 fully saturated rings. The van der Waals surface area contributed by atoms with Crippen LogP contribution in [0.5, 0.6) is 11.6 Å². The van der Waals surface area contributed by atoms with Crippen LogP contribution in [-0.4, -0.2) is 30.7 Å². The number of hydrogen-bond donors (Lipinski definition) is 1. The summed E-state index contributed by atoms with van der Waals surface area (Å²) in [6.45, 7) is 1.91. The van der Waals surface area contributed by atoms with Crippen molar-refractivity contribution in [2.24, 2.45) is 0 Å². The van der Waals surface area contributed by atoms with Crippen molar-refractivity contribution in [1.82, 2.24) is 24.9 Å². The Kier molecular flexibility index (Phi) is 4.68. The second kappa shape index (κ2) is 7.79. The van der Waals surface area contributed by atoms with E-state index in [9.17, 15) is 4.79 Å². The first-order chi connectivity index (χ1) is 15.2. The van der Waals surface area contributed by atoms with E-state index in [1.165, 1.54) is 0 Å². The van der Waals surface area contributed by atoms with Crippen LogP contribution in [-0.2, 0) is 0 Å². The Morgan fingerprint density at radius 1 is 0.903 bits per heavy atom. The van der Waals surface area contributed by atoms with E-state index >= 15 is 0 Å². The predicted molar refractivity (Wildman–Crippen MR) is 116 cm³/mol. The highest BCUT2D eigenvalue weighted by Gasteiger charge is 2.15. The normalized spacial score (nSPS) is 10.9. The molecule has 5 aromatic rings. The van der Waals surface area contributed by atoms with Gasteiger partial charge in [-0.25, -0.2) is 15.0 Å². The molecule has 0 spiro atoms. The SMILES string of the molecule is Cc1cc(-c2nccnc2Oc2ccc(C(=O)c3nc4ccccc4[nH]3)cc2)ccn1. The zero-order valence-electron chi connectivity index (χ0n) is 16.6. The number of hydrogen-bond acceptors (Lipinski definition) is 6. The lowest BCUT2D eigenvalue weighted by Gasteiger charge is -2.09. The molecule has 5 rings (SSSR count). The highest BCUT2D eigenvalue weighted by Crippen LogP contribution is 2.29. The Morgan fingerprint density at radius 3 is 2.52 bits per heavy atom. The number of aromatic nitrogens is 5. The van der Waals surface area contributed by atoms with Gasteiger partial charge in [0.05, 0.1) is 11.0 Å². The summed E-state index contributed by atoms with van der Waals surface area (Å²) in [6, 6.07) is 18.2. The standard InChI is InChI=1S/C24H17N5O2/c1-15-14-17(10-11-25-15)21-24(27-13-12-26-21)31-18-8-6-16(7-9-18)22(30)23-28-19-4-2-3-5-20(19)29-23/h2-14H,1H3,(H,28,29). The molecule has 3 aromatic heterocycles. The van der Waals surface area contributed by atoms with E-state index in [0.717, 1.165) is 22.3 Å². The van der Waals surface area contributed by atoms with E-state index in [4.69, 9.17) is 4.74 Å². The lowest BCUT2D eigenvalue weighted by molar-refractivity contribution is 0.103. The molecule has 31 heavy (non-hydrogen) atoms. The van der Waals surface area contributed by atoms with Gasteiger partial charge in [0.1, 0.15) is 11.4 Å². The summed E-state index contributed by atoms with van der Waals surface area (Å²) in [5.74, 6) is 1.05. The summed E-state index contributed by atoms with van der Waals surface area (Å²) in [4.78, 5) is 33.2. The fourth-order valence-corrected chi connectivity index (χ4v) is 3.27. The van der Waals surface area contributed by atoms with E-state index in [-0.39, 0.29) is 5.78 Å². The van der Waals surface area contributed by atoms with Crippen molar-refractivity contribution in [3.8, 4) is 22.9 Å². The maximum Gasteiger partial charge on any atom is 0.246 e. The van der Waals surface area contributed by atoms with E-state index in [0.29, 0.717) is 28.7 Å². The van der Waals surface area contributed by atoms with Gasteiger partial charge in [0.25, 0.3) is 0 Å². The molecule has 0 radical (unpaired) electrons. The number of aryl methyl sites for hydroxylation is 1. The third-order valence-corrected chi connectivity index (χ3v) is 4.77. The highest BCUT2D eigenvalue weighted by molar-refractivity contribution is 6.08. The van der Waals surface area contributed by atoms with Crippen molar-refractivity contribution >= 4 is 16.8 Å². The van der Waals surface area contributed by atoms with Gasteiger partial charge < -0.3 is 9.72 Å². The zero-order valence-corrected chi connectivity index (χ0v) is 16.6. The maximum absolute atomic E-state index is 12.8. The van der Waals surface area contributed by atoms with Crippen molar-refractivity contribution in [1.29, 1.82) is 0 Å². The molecule has 0 aliphatic carbocycles. The van der Waals surface area contributed by atoms with Crippen molar-refractivity contribution in [3.05, 3.63) is 96.3 Å². The highest BCUT2D eigenvalue weighted by atomic mass is 16.5. The Labute approximate surface area is 177 Å². The minimum absolute atomic E-state index is 0.185. The number of pyridine rings is 1. The molecule has 150 valence electrons. The first-order valence-electron chi connectivity index (χ1n) is 9.69. The summed E-state index contributed by atoms with van der Waals surface area (Å²) in [6.07, 6.45) is 4.92. The Bertz CT molecular complexity index is 1360. The van der Waals surface area contributed by atoms with Gasteiger partial charge >= 0.3 is 0 Å². The molecule has 0 saturated heterocycles.